The number of anilines is 1. The molecule has 0 spiro atoms. The van der Waals surface area contributed by atoms with Crippen molar-refractivity contribution in [3.63, 3.8) is 0 Å². The zero-order valence-corrected chi connectivity index (χ0v) is 21.1. The third-order valence-corrected chi connectivity index (χ3v) is 6.50. The molecule has 0 aliphatic heterocycles. The highest BCUT2D eigenvalue weighted by Crippen LogP contribution is 2.26. The molecule has 0 saturated carbocycles. The Labute approximate surface area is 203 Å². The van der Waals surface area contributed by atoms with Crippen molar-refractivity contribution < 1.29 is 14.0 Å². The standard InChI is InChI=1S/C25H30FN5O2S/c1-14(2)21(28-24(33)18-7-9-19(26)10-8-18)23-29-30-25(31(23)6)34-13-20(32)27-22-16(4)11-15(3)12-17(22)5/h7-12,14,21H,13H2,1-6H3,(H,27,32)(H,28,33). The molecule has 180 valence electrons. The van der Waals surface area contributed by atoms with Crippen molar-refractivity contribution in [3.8, 4) is 0 Å². The first-order chi connectivity index (χ1) is 16.1. The molecule has 0 saturated heterocycles. The smallest absolute Gasteiger partial charge is 0.251 e. The van der Waals surface area contributed by atoms with E-state index in [0.29, 0.717) is 16.5 Å². The van der Waals surface area contributed by atoms with Gasteiger partial charge in [0.05, 0.1) is 11.8 Å². The van der Waals surface area contributed by atoms with Crippen LogP contribution in [-0.2, 0) is 11.8 Å². The minimum atomic E-state index is -0.406. The van der Waals surface area contributed by atoms with Crippen LogP contribution in [0, 0.1) is 32.5 Å². The van der Waals surface area contributed by atoms with Crippen molar-refractivity contribution in [1.82, 2.24) is 20.1 Å². The number of hydrogen-bond acceptors (Lipinski definition) is 5. The number of nitrogens with one attached hydrogen (secondary N) is 2. The number of benzene rings is 2. The number of thioether (sulfide) groups is 1. The minimum Gasteiger partial charge on any atom is -0.342 e. The SMILES string of the molecule is Cc1cc(C)c(NC(=O)CSc2nnc(C(NC(=O)c3ccc(F)cc3)C(C)C)n2C)c(C)c1. The van der Waals surface area contributed by atoms with Gasteiger partial charge in [-0.2, -0.15) is 0 Å². The lowest BCUT2D eigenvalue weighted by atomic mass is 10.0. The molecule has 3 aromatic rings. The van der Waals surface area contributed by atoms with E-state index in [-0.39, 0.29) is 23.5 Å². The number of aryl methyl sites for hydroxylation is 3. The number of amides is 2. The third kappa shape index (κ3) is 6.02. The second kappa shape index (κ2) is 10.8. The van der Waals surface area contributed by atoms with E-state index in [1.165, 1.54) is 36.0 Å². The van der Waals surface area contributed by atoms with E-state index in [9.17, 15) is 14.0 Å². The van der Waals surface area contributed by atoms with E-state index < -0.39 is 11.9 Å². The molecule has 2 N–H and O–H groups in total. The van der Waals surface area contributed by atoms with E-state index in [4.69, 9.17) is 0 Å². The zero-order chi connectivity index (χ0) is 25.0. The number of hydrogen-bond donors (Lipinski definition) is 2. The molecule has 2 amide bonds. The molecular weight excluding hydrogens is 453 g/mol. The van der Waals surface area contributed by atoms with Gasteiger partial charge in [0.25, 0.3) is 5.91 Å². The molecule has 2 aromatic carbocycles. The van der Waals surface area contributed by atoms with Gasteiger partial charge in [-0.3, -0.25) is 9.59 Å². The molecule has 0 bridgehead atoms. The van der Waals surface area contributed by atoms with Gasteiger partial charge in [-0.05, 0) is 62.1 Å². The molecule has 0 aliphatic carbocycles. The Bertz CT molecular complexity index is 1170. The number of carbonyl (C=O) groups excluding carboxylic acids is 2. The third-order valence-electron chi connectivity index (χ3n) is 5.48. The van der Waals surface area contributed by atoms with Crippen molar-refractivity contribution >= 4 is 29.3 Å². The number of rotatable bonds is 8. The first-order valence-electron chi connectivity index (χ1n) is 11.0. The Balaban J connectivity index is 1.68. The number of carbonyl (C=O) groups is 2. The van der Waals surface area contributed by atoms with Gasteiger partial charge < -0.3 is 15.2 Å². The van der Waals surface area contributed by atoms with Crippen molar-refractivity contribution in [2.75, 3.05) is 11.1 Å². The summed E-state index contributed by atoms with van der Waals surface area (Å²) in [6, 6.07) is 9.05. The predicted octanol–water partition coefficient (Wildman–Crippen LogP) is 4.74. The van der Waals surface area contributed by atoms with Gasteiger partial charge in [0.2, 0.25) is 5.91 Å². The van der Waals surface area contributed by atoms with Gasteiger partial charge in [0.15, 0.2) is 11.0 Å². The molecule has 1 unspecified atom stereocenters. The molecule has 1 aromatic heterocycles. The minimum absolute atomic E-state index is 0.0286. The summed E-state index contributed by atoms with van der Waals surface area (Å²) in [7, 11) is 1.81. The van der Waals surface area contributed by atoms with Gasteiger partial charge in [-0.25, -0.2) is 4.39 Å². The van der Waals surface area contributed by atoms with Gasteiger partial charge >= 0.3 is 0 Å². The lowest BCUT2D eigenvalue weighted by molar-refractivity contribution is -0.113. The summed E-state index contributed by atoms with van der Waals surface area (Å²) in [4.78, 5) is 25.3. The number of halogens is 1. The van der Waals surface area contributed by atoms with Crippen molar-refractivity contribution in [3.05, 3.63) is 70.3 Å². The Morgan fingerprint density at radius 2 is 1.68 bits per heavy atom. The Morgan fingerprint density at radius 3 is 2.26 bits per heavy atom. The lowest BCUT2D eigenvalue weighted by Crippen LogP contribution is -2.33. The van der Waals surface area contributed by atoms with Crippen molar-refractivity contribution in [1.29, 1.82) is 0 Å². The summed E-state index contributed by atoms with van der Waals surface area (Å²) in [6.45, 7) is 9.92. The summed E-state index contributed by atoms with van der Waals surface area (Å²) < 4.78 is 15.0. The van der Waals surface area contributed by atoms with E-state index >= 15 is 0 Å². The maximum absolute atomic E-state index is 13.2. The summed E-state index contributed by atoms with van der Waals surface area (Å²) in [5.74, 6) is -0.0653. The molecular formula is C25H30FN5O2S. The van der Waals surface area contributed by atoms with Crippen LogP contribution in [0.5, 0.6) is 0 Å². The van der Waals surface area contributed by atoms with Crippen LogP contribution < -0.4 is 10.6 Å². The van der Waals surface area contributed by atoms with E-state index in [0.717, 1.165) is 22.4 Å². The summed E-state index contributed by atoms with van der Waals surface area (Å²) in [6.07, 6.45) is 0. The molecule has 0 fully saturated rings. The van der Waals surface area contributed by atoms with Crippen LogP contribution in [-0.4, -0.2) is 32.3 Å². The molecule has 9 heteroatoms. The predicted molar refractivity (Wildman–Crippen MR) is 132 cm³/mol. The average Bonchev–Trinajstić information content (AvgIpc) is 3.13. The van der Waals surface area contributed by atoms with Gasteiger partial charge in [0.1, 0.15) is 5.82 Å². The van der Waals surface area contributed by atoms with Crippen LogP contribution in [0.1, 0.15) is 52.8 Å². The molecule has 1 heterocycles. The van der Waals surface area contributed by atoms with Crippen molar-refractivity contribution in [2.45, 2.75) is 45.8 Å². The van der Waals surface area contributed by atoms with Crippen LogP contribution in [0.3, 0.4) is 0 Å². The fraction of sp³-hybridized carbons (Fsp3) is 0.360. The Kier molecular flexibility index (Phi) is 8.09. The number of aromatic nitrogens is 3. The molecule has 0 radical (unpaired) electrons. The first kappa shape index (κ1) is 25.4. The topological polar surface area (TPSA) is 88.9 Å². The highest BCUT2D eigenvalue weighted by atomic mass is 32.2. The fourth-order valence-corrected chi connectivity index (χ4v) is 4.48. The van der Waals surface area contributed by atoms with Crippen molar-refractivity contribution in [2.24, 2.45) is 13.0 Å². The van der Waals surface area contributed by atoms with Gasteiger partial charge in [-0.1, -0.05) is 43.3 Å². The second-order valence-corrected chi connectivity index (χ2v) is 9.65. The quantitative estimate of drug-likeness (QED) is 0.452. The van der Waals surface area contributed by atoms with E-state index in [1.54, 1.807) is 4.57 Å². The Morgan fingerprint density at radius 1 is 1.06 bits per heavy atom. The summed E-state index contributed by atoms with van der Waals surface area (Å²) >= 11 is 1.28. The molecule has 0 aliphatic rings. The lowest BCUT2D eigenvalue weighted by Gasteiger charge is -2.21. The van der Waals surface area contributed by atoms with Gasteiger partial charge in [-0.15, -0.1) is 10.2 Å². The summed E-state index contributed by atoms with van der Waals surface area (Å²) in [5, 5.41) is 15.0. The van der Waals surface area contributed by atoms with E-state index in [2.05, 4.69) is 20.8 Å². The molecule has 34 heavy (non-hydrogen) atoms. The zero-order valence-electron chi connectivity index (χ0n) is 20.3. The monoisotopic (exact) mass is 483 g/mol. The summed E-state index contributed by atoms with van der Waals surface area (Å²) in [5.41, 5.74) is 4.39. The number of nitrogens with zero attached hydrogens (tertiary/aromatic N) is 3. The molecule has 7 nitrogen and oxygen atoms in total. The fourth-order valence-electron chi connectivity index (χ4n) is 3.76. The highest BCUT2D eigenvalue weighted by molar-refractivity contribution is 7.99. The maximum Gasteiger partial charge on any atom is 0.251 e. The maximum atomic E-state index is 13.2. The van der Waals surface area contributed by atoms with Crippen LogP contribution in [0.15, 0.2) is 41.6 Å². The van der Waals surface area contributed by atoms with Gasteiger partial charge in [0, 0.05) is 18.3 Å². The molecule has 3 rings (SSSR count). The second-order valence-electron chi connectivity index (χ2n) is 8.71. The normalized spacial score (nSPS) is 12.0. The Hall–Kier alpha value is -3.20. The first-order valence-corrected chi connectivity index (χ1v) is 12.0. The van der Waals surface area contributed by atoms with Crippen LogP contribution >= 0.6 is 11.8 Å². The molecule has 1 atom stereocenters. The largest absolute Gasteiger partial charge is 0.342 e. The van der Waals surface area contributed by atoms with Crippen LogP contribution in [0.25, 0.3) is 0 Å². The van der Waals surface area contributed by atoms with E-state index in [1.807, 2.05) is 53.8 Å². The highest BCUT2D eigenvalue weighted by Gasteiger charge is 2.25. The average molecular weight is 484 g/mol. The van der Waals surface area contributed by atoms with Crippen LogP contribution in [0.2, 0.25) is 0 Å². The van der Waals surface area contributed by atoms with Crippen LogP contribution in [0.4, 0.5) is 10.1 Å².